The van der Waals surface area contributed by atoms with Gasteiger partial charge in [-0.25, -0.2) is 0 Å². The Bertz CT molecular complexity index is 621. The average molecular weight is 287 g/mol. The van der Waals surface area contributed by atoms with Gasteiger partial charge in [0.05, 0.1) is 5.69 Å². The first kappa shape index (κ1) is 18.6. The molecule has 0 aliphatic heterocycles. The predicted molar refractivity (Wildman–Crippen MR) is 87.8 cm³/mol. The topological polar surface area (TPSA) is 35.4 Å². The number of nitrogens with zero attached hydrogens (tertiary/aromatic N) is 1. The Morgan fingerprint density at radius 1 is 0.864 bits per heavy atom. The normalized spacial score (nSPS) is 11.2. The van der Waals surface area contributed by atoms with Crippen LogP contribution in [0.15, 0.2) is 47.5 Å². The van der Waals surface area contributed by atoms with Gasteiger partial charge >= 0.3 is 18.9 Å². The Hall–Kier alpha value is -1.49. The fraction of sp³-hybridized carbons (Fsp3) is 0.316. The summed E-state index contributed by atoms with van der Waals surface area (Å²) >= 11 is 0. The minimum Gasteiger partial charge on any atom is -0.872 e. The summed E-state index contributed by atoms with van der Waals surface area (Å²) in [5.41, 5.74) is 4.08. The SMILES string of the molecule is CC(C)c1cccc(C(C)C)c1N=Cc1ccccc1[O-].[Li+]. The van der Waals surface area contributed by atoms with Crippen molar-refractivity contribution in [3.63, 3.8) is 0 Å². The molecule has 0 saturated heterocycles. The van der Waals surface area contributed by atoms with E-state index in [9.17, 15) is 5.11 Å². The number of para-hydroxylation sites is 2. The molecule has 0 aliphatic carbocycles. The van der Waals surface area contributed by atoms with Crippen LogP contribution in [0.3, 0.4) is 0 Å². The zero-order valence-corrected chi connectivity index (χ0v) is 14.1. The Morgan fingerprint density at radius 2 is 1.41 bits per heavy atom. The second-order valence-corrected chi connectivity index (χ2v) is 5.89. The summed E-state index contributed by atoms with van der Waals surface area (Å²) in [5.74, 6) is 0.811. The van der Waals surface area contributed by atoms with Crippen LogP contribution in [0.2, 0.25) is 0 Å². The summed E-state index contributed by atoms with van der Waals surface area (Å²) in [6.45, 7) is 8.67. The first-order chi connectivity index (χ1) is 10.0. The largest absolute Gasteiger partial charge is 1.00 e. The molecule has 0 unspecified atom stereocenters. The van der Waals surface area contributed by atoms with Crippen LogP contribution in [0.25, 0.3) is 0 Å². The molecular formula is C19H22LiNO. The molecule has 0 fully saturated rings. The van der Waals surface area contributed by atoms with Crippen molar-refractivity contribution in [3.05, 3.63) is 59.2 Å². The van der Waals surface area contributed by atoms with E-state index < -0.39 is 0 Å². The number of benzene rings is 2. The van der Waals surface area contributed by atoms with E-state index in [2.05, 4.69) is 50.9 Å². The number of hydrogen-bond donors (Lipinski definition) is 0. The molecule has 0 spiro atoms. The molecule has 0 saturated carbocycles. The van der Waals surface area contributed by atoms with Crippen molar-refractivity contribution in [1.29, 1.82) is 0 Å². The molecule has 0 bridgehead atoms. The smallest absolute Gasteiger partial charge is 0.872 e. The molecule has 2 aromatic carbocycles. The summed E-state index contributed by atoms with van der Waals surface area (Å²) in [7, 11) is 0. The summed E-state index contributed by atoms with van der Waals surface area (Å²) in [6.07, 6.45) is 1.69. The van der Waals surface area contributed by atoms with Crippen molar-refractivity contribution in [2.45, 2.75) is 39.5 Å². The predicted octanol–water partition coefficient (Wildman–Crippen LogP) is 1.76. The molecule has 110 valence electrons. The number of hydrogen-bond acceptors (Lipinski definition) is 2. The van der Waals surface area contributed by atoms with Crippen LogP contribution in [0.4, 0.5) is 5.69 Å². The van der Waals surface area contributed by atoms with Gasteiger partial charge in [0.1, 0.15) is 0 Å². The maximum Gasteiger partial charge on any atom is 1.00 e. The van der Waals surface area contributed by atoms with E-state index in [1.165, 1.54) is 11.1 Å². The summed E-state index contributed by atoms with van der Waals surface area (Å²) in [4.78, 5) is 4.65. The second-order valence-electron chi connectivity index (χ2n) is 5.89. The first-order valence-electron chi connectivity index (χ1n) is 7.43. The van der Waals surface area contributed by atoms with Crippen molar-refractivity contribution in [1.82, 2.24) is 0 Å². The zero-order chi connectivity index (χ0) is 15.4. The molecule has 0 aliphatic rings. The van der Waals surface area contributed by atoms with Crippen LogP contribution >= 0.6 is 0 Å². The first-order valence-corrected chi connectivity index (χ1v) is 7.43. The van der Waals surface area contributed by atoms with Gasteiger partial charge in [-0.2, -0.15) is 0 Å². The maximum absolute atomic E-state index is 11.8. The van der Waals surface area contributed by atoms with E-state index in [-0.39, 0.29) is 24.6 Å². The minimum atomic E-state index is 0. The van der Waals surface area contributed by atoms with Gasteiger partial charge < -0.3 is 5.11 Å². The van der Waals surface area contributed by atoms with E-state index >= 15 is 0 Å². The van der Waals surface area contributed by atoms with E-state index in [1.807, 2.05) is 6.07 Å². The van der Waals surface area contributed by atoms with Gasteiger partial charge in [-0.05, 0) is 28.5 Å². The zero-order valence-electron chi connectivity index (χ0n) is 14.1. The van der Waals surface area contributed by atoms with E-state index in [1.54, 1.807) is 24.4 Å². The molecule has 2 aromatic rings. The molecule has 0 radical (unpaired) electrons. The van der Waals surface area contributed by atoms with Crippen LogP contribution in [-0.2, 0) is 0 Å². The molecular weight excluding hydrogens is 265 g/mol. The Labute approximate surface area is 145 Å². The van der Waals surface area contributed by atoms with Gasteiger partial charge in [0.25, 0.3) is 0 Å². The van der Waals surface area contributed by atoms with Crippen LogP contribution in [0, 0.1) is 0 Å². The standard InChI is InChI=1S/C19H23NO.Li/c1-13(2)16-9-7-10-17(14(3)4)19(16)20-12-15-8-5-6-11-18(15)21;/h5-14,21H,1-4H3;/q;+1/p-1. The molecule has 2 nitrogen and oxygen atoms in total. The molecule has 0 amide bonds. The van der Waals surface area contributed by atoms with Crippen LogP contribution in [0.1, 0.15) is 56.2 Å². The number of aliphatic imine (C=N–C) groups is 1. The third kappa shape index (κ3) is 4.26. The van der Waals surface area contributed by atoms with Gasteiger partial charge in [-0.1, -0.05) is 70.2 Å². The summed E-state index contributed by atoms with van der Waals surface area (Å²) in [6, 6.07) is 13.3. The Kier molecular flexibility index (Phi) is 6.93. The molecule has 22 heavy (non-hydrogen) atoms. The van der Waals surface area contributed by atoms with Crippen LogP contribution in [0.5, 0.6) is 5.75 Å². The van der Waals surface area contributed by atoms with Gasteiger partial charge in [0.15, 0.2) is 0 Å². The fourth-order valence-electron chi connectivity index (χ4n) is 2.38. The average Bonchev–Trinajstić information content (AvgIpc) is 2.45. The van der Waals surface area contributed by atoms with E-state index in [0.29, 0.717) is 17.4 Å². The van der Waals surface area contributed by atoms with Crippen molar-refractivity contribution in [2.24, 2.45) is 4.99 Å². The van der Waals surface area contributed by atoms with Gasteiger partial charge in [0, 0.05) is 6.21 Å². The summed E-state index contributed by atoms with van der Waals surface area (Å²) < 4.78 is 0. The van der Waals surface area contributed by atoms with Crippen molar-refractivity contribution in [3.8, 4) is 5.75 Å². The Balaban J connectivity index is 0.00000242. The third-order valence-electron chi connectivity index (χ3n) is 3.59. The van der Waals surface area contributed by atoms with E-state index in [0.717, 1.165) is 5.69 Å². The van der Waals surface area contributed by atoms with Crippen molar-refractivity contribution < 1.29 is 24.0 Å². The van der Waals surface area contributed by atoms with Crippen molar-refractivity contribution >= 4 is 11.9 Å². The van der Waals surface area contributed by atoms with Gasteiger partial charge in [-0.3, -0.25) is 4.99 Å². The monoisotopic (exact) mass is 287 g/mol. The fourth-order valence-corrected chi connectivity index (χ4v) is 2.38. The Morgan fingerprint density at radius 3 is 1.91 bits per heavy atom. The molecule has 0 N–H and O–H groups in total. The van der Waals surface area contributed by atoms with E-state index in [4.69, 9.17) is 0 Å². The van der Waals surface area contributed by atoms with Crippen molar-refractivity contribution in [2.75, 3.05) is 0 Å². The van der Waals surface area contributed by atoms with Crippen LogP contribution < -0.4 is 24.0 Å². The van der Waals surface area contributed by atoms with Crippen LogP contribution in [-0.4, -0.2) is 6.21 Å². The summed E-state index contributed by atoms with van der Waals surface area (Å²) in [5, 5.41) is 11.8. The van der Waals surface area contributed by atoms with Gasteiger partial charge in [-0.15, -0.1) is 5.75 Å². The number of rotatable bonds is 4. The third-order valence-corrected chi connectivity index (χ3v) is 3.59. The quantitative estimate of drug-likeness (QED) is 0.623. The molecule has 0 aromatic heterocycles. The molecule has 0 atom stereocenters. The molecule has 0 heterocycles. The molecule has 2 rings (SSSR count). The van der Waals surface area contributed by atoms with Gasteiger partial charge in [0.2, 0.25) is 0 Å². The maximum atomic E-state index is 11.8. The minimum absolute atomic E-state index is 0. The molecule has 3 heteroatoms. The second kappa shape index (κ2) is 8.22.